The Kier molecular flexibility index (Phi) is 4.33. The van der Waals surface area contributed by atoms with E-state index in [1.165, 1.54) is 6.07 Å². The van der Waals surface area contributed by atoms with Crippen LogP contribution in [0.5, 0.6) is 11.5 Å². The molecule has 3 aromatic rings. The van der Waals surface area contributed by atoms with Crippen LogP contribution in [0.25, 0.3) is 0 Å². The van der Waals surface area contributed by atoms with E-state index in [4.69, 9.17) is 19.9 Å². The van der Waals surface area contributed by atoms with Crippen LogP contribution in [0.4, 0.5) is 11.8 Å². The summed E-state index contributed by atoms with van der Waals surface area (Å²) in [7, 11) is 0. The lowest BCUT2D eigenvalue weighted by Crippen LogP contribution is -2.41. The highest BCUT2D eigenvalue weighted by Gasteiger charge is 2.32. The molecule has 3 heterocycles. The van der Waals surface area contributed by atoms with Crippen molar-refractivity contribution in [3.63, 3.8) is 0 Å². The van der Waals surface area contributed by atoms with Crippen molar-refractivity contribution in [2.75, 3.05) is 30.5 Å². The van der Waals surface area contributed by atoms with E-state index in [-0.39, 0.29) is 30.5 Å². The summed E-state index contributed by atoms with van der Waals surface area (Å²) in [5.41, 5.74) is 7.51. The molecule has 0 amide bonds. The smallest absolute Gasteiger partial charge is 0.254 e. The first-order valence-corrected chi connectivity index (χ1v) is 9.37. The average molecular weight is 392 g/mol. The van der Waals surface area contributed by atoms with Gasteiger partial charge in [0.15, 0.2) is 11.5 Å². The first-order chi connectivity index (χ1) is 14.2. The van der Waals surface area contributed by atoms with E-state index in [0.717, 1.165) is 16.9 Å². The summed E-state index contributed by atoms with van der Waals surface area (Å²) in [5.74, 6) is 2.05. The Morgan fingerprint density at radius 1 is 0.966 bits per heavy atom. The van der Waals surface area contributed by atoms with Crippen molar-refractivity contribution >= 4 is 11.8 Å². The lowest BCUT2D eigenvalue weighted by molar-refractivity contribution is -0.0296. The zero-order valence-electron chi connectivity index (χ0n) is 15.6. The second kappa shape index (κ2) is 7.14. The van der Waals surface area contributed by atoms with Gasteiger partial charge in [0.05, 0.1) is 0 Å². The molecule has 2 aliphatic rings. The minimum absolute atomic E-state index is 0.0925. The van der Waals surface area contributed by atoms with Crippen LogP contribution in [0.1, 0.15) is 23.3 Å². The molecule has 2 aromatic carbocycles. The zero-order chi connectivity index (χ0) is 19.8. The van der Waals surface area contributed by atoms with E-state index in [0.29, 0.717) is 24.7 Å². The first-order valence-electron chi connectivity index (χ1n) is 9.37. The van der Waals surface area contributed by atoms with Crippen LogP contribution < -0.4 is 25.7 Å². The van der Waals surface area contributed by atoms with Gasteiger partial charge in [-0.1, -0.05) is 36.4 Å². The van der Waals surface area contributed by atoms with E-state index in [1.807, 2.05) is 53.4 Å². The van der Waals surface area contributed by atoms with E-state index in [2.05, 4.69) is 9.97 Å². The number of hydrogen-bond donors (Lipinski definition) is 2. The SMILES string of the molecule is Nc1nc(N2C[C@@H](c3ccccc3)O[C@@H](c3ccc4c(c3)OCO4)C2)cc(=O)[nH]1. The van der Waals surface area contributed by atoms with Gasteiger partial charge in [-0.3, -0.25) is 9.78 Å². The van der Waals surface area contributed by atoms with Crippen molar-refractivity contribution in [2.45, 2.75) is 12.2 Å². The van der Waals surface area contributed by atoms with Crippen molar-refractivity contribution in [3.8, 4) is 11.5 Å². The van der Waals surface area contributed by atoms with Crippen LogP contribution in [-0.2, 0) is 4.74 Å². The van der Waals surface area contributed by atoms with Gasteiger partial charge in [-0.2, -0.15) is 4.98 Å². The van der Waals surface area contributed by atoms with Gasteiger partial charge in [-0.15, -0.1) is 0 Å². The number of benzene rings is 2. The monoisotopic (exact) mass is 392 g/mol. The van der Waals surface area contributed by atoms with Crippen LogP contribution in [0.2, 0.25) is 0 Å². The standard InChI is InChI=1S/C21H20N4O4/c22-21-23-19(9-20(26)24-21)25-10-17(13-4-2-1-3-5-13)29-18(11-25)14-6-7-15-16(8-14)28-12-27-15/h1-9,17-18H,10-12H2,(H3,22,23,24,26)/t17-,18+/m0/s1. The van der Waals surface area contributed by atoms with Crippen LogP contribution in [0, 0.1) is 0 Å². The lowest BCUT2D eigenvalue weighted by Gasteiger charge is -2.39. The van der Waals surface area contributed by atoms with Crippen molar-refractivity contribution in [3.05, 3.63) is 76.1 Å². The minimum atomic E-state index is -0.283. The number of H-pyrrole nitrogens is 1. The Hall–Kier alpha value is -3.52. The van der Waals surface area contributed by atoms with Gasteiger partial charge in [-0.25, -0.2) is 0 Å². The first kappa shape index (κ1) is 17.6. The number of morpholine rings is 1. The molecule has 0 aliphatic carbocycles. The zero-order valence-corrected chi connectivity index (χ0v) is 15.6. The summed E-state index contributed by atoms with van der Waals surface area (Å²) in [6.45, 7) is 1.30. The number of anilines is 2. The van der Waals surface area contributed by atoms with Crippen molar-refractivity contribution in [1.82, 2.24) is 9.97 Å². The summed E-state index contributed by atoms with van der Waals surface area (Å²) >= 11 is 0. The number of nitrogen functional groups attached to an aromatic ring is 1. The van der Waals surface area contributed by atoms with E-state index >= 15 is 0 Å². The topological polar surface area (TPSA) is 103 Å². The normalized spacial score (nSPS) is 20.6. The summed E-state index contributed by atoms with van der Waals surface area (Å²) in [5, 5.41) is 0. The average Bonchev–Trinajstić information content (AvgIpc) is 3.21. The number of nitrogens with zero attached hydrogens (tertiary/aromatic N) is 2. The highest BCUT2D eigenvalue weighted by molar-refractivity contribution is 5.47. The van der Waals surface area contributed by atoms with Gasteiger partial charge in [0.25, 0.3) is 5.56 Å². The third-order valence-electron chi connectivity index (χ3n) is 5.11. The molecule has 0 saturated carbocycles. The second-order valence-corrected chi connectivity index (χ2v) is 7.03. The maximum Gasteiger partial charge on any atom is 0.254 e. The number of nitrogens with one attached hydrogen (secondary N) is 1. The number of aromatic amines is 1. The highest BCUT2D eigenvalue weighted by atomic mass is 16.7. The summed E-state index contributed by atoms with van der Waals surface area (Å²) < 4.78 is 17.4. The number of aromatic nitrogens is 2. The van der Waals surface area contributed by atoms with Gasteiger partial charge < -0.3 is 24.8 Å². The summed E-state index contributed by atoms with van der Waals surface area (Å²) in [4.78, 5) is 20.8. The van der Waals surface area contributed by atoms with Gasteiger partial charge in [0.2, 0.25) is 12.7 Å². The predicted molar refractivity (Wildman–Crippen MR) is 107 cm³/mol. The van der Waals surface area contributed by atoms with Crippen LogP contribution in [-0.4, -0.2) is 29.9 Å². The number of fused-ring (bicyclic) bond motifs is 1. The molecule has 2 aliphatic heterocycles. The van der Waals surface area contributed by atoms with Crippen LogP contribution in [0.3, 0.4) is 0 Å². The molecule has 0 unspecified atom stereocenters. The third-order valence-corrected chi connectivity index (χ3v) is 5.11. The minimum Gasteiger partial charge on any atom is -0.454 e. The Balaban J connectivity index is 1.51. The molecule has 8 nitrogen and oxygen atoms in total. The fourth-order valence-corrected chi connectivity index (χ4v) is 3.72. The van der Waals surface area contributed by atoms with Crippen molar-refractivity contribution in [2.24, 2.45) is 0 Å². The van der Waals surface area contributed by atoms with Gasteiger partial charge >= 0.3 is 0 Å². The number of rotatable bonds is 3. The van der Waals surface area contributed by atoms with E-state index in [1.54, 1.807) is 0 Å². The molecular weight excluding hydrogens is 372 g/mol. The van der Waals surface area contributed by atoms with Crippen molar-refractivity contribution < 1.29 is 14.2 Å². The second-order valence-electron chi connectivity index (χ2n) is 7.03. The molecular formula is C21H20N4O4. The molecule has 0 bridgehead atoms. The molecule has 8 heteroatoms. The van der Waals surface area contributed by atoms with Gasteiger partial charge in [0.1, 0.15) is 18.0 Å². The maximum atomic E-state index is 11.9. The third kappa shape index (κ3) is 3.50. The van der Waals surface area contributed by atoms with Gasteiger partial charge in [0, 0.05) is 19.2 Å². The molecule has 29 heavy (non-hydrogen) atoms. The summed E-state index contributed by atoms with van der Waals surface area (Å²) in [6, 6.07) is 17.3. The molecule has 148 valence electrons. The lowest BCUT2D eigenvalue weighted by atomic mass is 10.0. The predicted octanol–water partition coefficient (Wildman–Crippen LogP) is 2.40. The fraction of sp³-hybridized carbons (Fsp3) is 0.238. The number of ether oxygens (including phenoxy) is 3. The molecule has 5 rings (SSSR count). The van der Waals surface area contributed by atoms with E-state index in [9.17, 15) is 4.79 Å². The number of hydrogen-bond acceptors (Lipinski definition) is 7. The molecule has 0 spiro atoms. The van der Waals surface area contributed by atoms with Gasteiger partial charge in [-0.05, 0) is 23.3 Å². The van der Waals surface area contributed by atoms with Crippen LogP contribution >= 0.6 is 0 Å². The molecule has 1 fully saturated rings. The molecule has 2 atom stereocenters. The fourth-order valence-electron chi connectivity index (χ4n) is 3.72. The van der Waals surface area contributed by atoms with Crippen molar-refractivity contribution in [1.29, 1.82) is 0 Å². The Morgan fingerprint density at radius 2 is 1.72 bits per heavy atom. The summed E-state index contributed by atoms with van der Waals surface area (Å²) in [6.07, 6.45) is -0.437. The molecule has 3 N–H and O–H groups in total. The molecule has 0 radical (unpaired) electrons. The number of nitrogens with two attached hydrogens (primary N) is 1. The highest BCUT2D eigenvalue weighted by Crippen LogP contribution is 2.39. The quantitative estimate of drug-likeness (QED) is 0.705. The van der Waals surface area contributed by atoms with E-state index < -0.39 is 0 Å². The molecule has 1 saturated heterocycles. The largest absolute Gasteiger partial charge is 0.454 e. The Labute approximate surface area is 166 Å². The Morgan fingerprint density at radius 3 is 2.52 bits per heavy atom. The van der Waals surface area contributed by atoms with Crippen LogP contribution in [0.15, 0.2) is 59.4 Å². The maximum absolute atomic E-state index is 11.9. The molecule has 1 aromatic heterocycles. The Bertz CT molecular complexity index is 1090.